The van der Waals surface area contributed by atoms with E-state index in [0.717, 1.165) is 9.64 Å². The lowest BCUT2D eigenvalue weighted by Gasteiger charge is -2.26. The van der Waals surface area contributed by atoms with Crippen LogP contribution in [0.3, 0.4) is 0 Å². The van der Waals surface area contributed by atoms with Crippen molar-refractivity contribution in [3.05, 3.63) is 63.0 Å². The summed E-state index contributed by atoms with van der Waals surface area (Å²) in [6, 6.07) is -0.612. The SMILES string of the molecule is O=C(O)CC[C@@H](NC(=O)c1cccc(C(=O)ON2C(=O)CCC2=O)c1)C(=O)N[C@H](CCC(=O)O)C(=O)N[C@H](CCC(=O)O)C(=O)N[C@H](CCCCNC(=O)c1cncc(I)c1)C(=O)O. The molecule has 0 radical (unpaired) electrons. The molecule has 0 unspecified atom stereocenters. The Morgan fingerprint density at radius 2 is 1.12 bits per heavy atom. The zero-order valence-electron chi connectivity index (χ0n) is 33.7. The Bertz CT molecular complexity index is 2140. The lowest BCUT2D eigenvalue weighted by molar-refractivity contribution is -0.172. The molecule has 344 valence electrons. The third kappa shape index (κ3) is 17.0. The molecule has 1 aliphatic heterocycles. The molecule has 2 aromatic rings. The first-order valence-corrected chi connectivity index (χ1v) is 20.5. The van der Waals surface area contributed by atoms with Crippen molar-refractivity contribution in [1.82, 2.24) is 36.6 Å². The number of carbonyl (C=O) groups is 12. The maximum absolute atomic E-state index is 13.6. The van der Waals surface area contributed by atoms with Crippen LogP contribution in [-0.4, -0.2) is 132 Å². The highest BCUT2D eigenvalue weighted by atomic mass is 127. The number of nitrogens with one attached hydrogen (secondary N) is 5. The molecule has 1 fully saturated rings. The molecule has 7 amide bonds. The molecule has 24 nitrogen and oxygen atoms in total. The molecule has 0 spiro atoms. The number of aliphatic carboxylic acids is 4. The minimum Gasteiger partial charge on any atom is -0.481 e. The third-order valence-electron chi connectivity index (χ3n) is 9.16. The second kappa shape index (κ2) is 25.1. The molecule has 9 N–H and O–H groups in total. The Morgan fingerprint density at radius 1 is 0.625 bits per heavy atom. The average Bonchev–Trinajstić information content (AvgIpc) is 3.56. The quantitative estimate of drug-likeness (QED) is 0.0333. The van der Waals surface area contributed by atoms with Crippen molar-refractivity contribution in [2.45, 2.75) is 94.8 Å². The van der Waals surface area contributed by atoms with Gasteiger partial charge in [0.2, 0.25) is 17.7 Å². The molecular weight excluding hydrogens is 965 g/mol. The van der Waals surface area contributed by atoms with Gasteiger partial charge in [0.25, 0.3) is 23.6 Å². The van der Waals surface area contributed by atoms with E-state index in [4.69, 9.17) is 4.84 Å². The van der Waals surface area contributed by atoms with Gasteiger partial charge < -0.3 is 51.8 Å². The van der Waals surface area contributed by atoms with Crippen LogP contribution < -0.4 is 26.6 Å². The van der Waals surface area contributed by atoms with E-state index in [1.54, 1.807) is 12.3 Å². The van der Waals surface area contributed by atoms with E-state index >= 15 is 0 Å². The summed E-state index contributed by atoms with van der Waals surface area (Å²) in [6.45, 7) is 0.142. The minimum absolute atomic E-state index is 0.142. The van der Waals surface area contributed by atoms with Crippen molar-refractivity contribution < 1.29 is 82.8 Å². The predicted octanol–water partition coefficient (Wildman–Crippen LogP) is -0.261. The van der Waals surface area contributed by atoms with Gasteiger partial charge in [-0.2, -0.15) is 0 Å². The molecule has 1 saturated heterocycles. The molecule has 1 aliphatic rings. The van der Waals surface area contributed by atoms with Gasteiger partial charge in [0.15, 0.2) is 0 Å². The highest BCUT2D eigenvalue weighted by molar-refractivity contribution is 14.1. The number of hydrogen-bond acceptors (Lipinski definition) is 14. The fourth-order valence-corrected chi connectivity index (χ4v) is 6.32. The fraction of sp³-hybridized carbons (Fsp3) is 0.410. The normalized spacial score (nSPS) is 13.9. The van der Waals surface area contributed by atoms with E-state index in [0.29, 0.717) is 5.56 Å². The second-order valence-electron chi connectivity index (χ2n) is 14.0. The number of carboxylic acids is 4. The van der Waals surface area contributed by atoms with E-state index < -0.39 is 134 Å². The van der Waals surface area contributed by atoms with E-state index in [1.165, 1.54) is 24.4 Å². The maximum atomic E-state index is 13.6. The van der Waals surface area contributed by atoms with Crippen LogP contribution in [0.15, 0.2) is 42.7 Å². The molecule has 1 aromatic carbocycles. The van der Waals surface area contributed by atoms with Gasteiger partial charge in [-0.25, -0.2) is 9.59 Å². The van der Waals surface area contributed by atoms with Crippen molar-refractivity contribution in [2.75, 3.05) is 6.54 Å². The maximum Gasteiger partial charge on any atom is 0.363 e. The Hall–Kier alpha value is -7.06. The van der Waals surface area contributed by atoms with Gasteiger partial charge >= 0.3 is 29.8 Å². The Labute approximate surface area is 376 Å². The largest absolute Gasteiger partial charge is 0.481 e. The van der Waals surface area contributed by atoms with Crippen LogP contribution in [0.25, 0.3) is 0 Å². The zero-order chi connectivity index (χ0) is 47.5. The van der Waals surface area contributed by atoms with Crippen LogP contribution in [0, 0.1) is 3.57 Å². The van der Waals surface area contributed by atoms with Crippen molar-refractivity contribution in [3.8, 4) is 0 Å². The lowest BCUT2D eigenvalue weighted by atomic mass is 10.0. The first kappa shape index (κ1) is 51.3. The number of hydrogen-bond donors (Lipinski definition) is 9. The standard InChI is InChI=1S/C39H44IN7O17/c40-23-17-22(18-41-19-23)33(56)42-15-2-1-6-27(38(61)62)46-37(60)26(9-14-32(54)55)45-36(59)25(8-13-31(52)53)44-35(58)24(7-12-30(50)51)43-34(57)20-4-3-5-21(16-20)39(63)64-47-28(48)10-11-29(47)49/h3-5,16-19,24-27H,1-2,6-15H2,(H,42,56)(H,43,57)(H,44,58)(H,45,59)(H,46,60)(H,50,51)(H,52,53)(H,54,55)(H,61,62)/t24-,25-,26-,27-/m1/s1. The number of carboxylic acid groups (broad SMARTS) is 4. The summed E-state index contributed by atoms with van der Waals surface area (Å²) in [7, 11) is 0. The molecule has 2 heterocycles. The number of carbonyl (C=O) groups excluding carboxylic acids is 8. The molecule has 0 bridgehead atoms. The molecular formula is C39H44IN7O17. The molecule has 3 rings (SSSR count). The van der Waals surface area contributed by atoms with Gasteiger partial charge in [0, 0.05) is 60.2 Å². The summed E-state index contributed by atoms with van der Waals surface area (Å²) >= 11 is 1.99. The number of benzene rings is 1. The van der Waals surface area contributed by atoms with Gasteiger partial charge in [0.05, 0.1) is 11.1 Å². The van der Waals surface area contributed by atoms with E-state index in [2.05, 4.69) is 31.6 Å². The van der Waals surface area contributed by atoms with Crippen LogP contribution in [0.4, 0.5) is 0 Å². The highest BCUT2D eigenvalue weighted by Crippen LogP contribution is 2.16. The number of amides is 7. The van der Waals surface area contributed by atoms with Crippen molar-refractivity contribution >= 4 is 93.8 Å². The monoisotopic (exact) mass is 1010 g/mol. The Balaban J connectivity index is 1.72. The summed E-state index contributed by atoms with van der Waals surface area (Å²) < 4.78 is 0.732. The van der Waals surface area contributed by atoms with Gasteiger partial charge in [-0.1, -0.05) is 6.07 Å². The Kier molecular flexibility index (Phi) is 20.2. The third-order valence-corrected chi connectivity index (χ3v) is 9.75. The molecule has 1 aromatic heterocycles. The number of rotatable bonds is 26. The lowest BCUT2D eigenvalue weighted by Crippen LogP contribution is -2.58. The summed E-state index contributed by atoms with van der Waals surface area (Å²) in [5, 5.41) is 49.7. The first-order valence-electron chi connectivity index (χ1n) is 19.4. The van der Waals surface area contributed by atoms with Crippen LogP contribution in [0.5, 0.6) is 0 Å². The van der Waals surface area contributed by atoms with Crippen LogP contribution in [-0.2, 0) is 48.0 Å². The zero-order valence-corrected chi connectivity index (χ0v) is 35.9. The second-order valence-corrected chi connectivity index (χ2v) is 15.3. The minimum atomic E-state index is -1.80. The van der Waals surface area contributed by atoms with Gasteiger partial charge in [-0.05, 0) is 85.4 Å². The number of halogens is 1. The summed E-state index contributed by atoms with van der Waals surface area (Å²) in [5.41, 5.74) is -0.270. The van der Waals surface area contributed by atoms with Crippen LogP contribution >= 0.6 is 22.6 Å². The van der Waals surface area contributed by atoms with Gasteiger partial charge in [-0.3, -0.25) is 52.9 Å². The predicted molar refractivity (Wildman–Crippen MR) is 221 cm³/mol. The number of aromatic nitrogens is 1. The molecule has 4 atom stereocenters. The van der Waals surface area contributed by atoms with Crippen molar-refractivity contribution in [2.24, 2.45) is 0 Å². The smallest absolute Gasteiger partial charge is 0.363 e. The van der Waals surface area contributed by atoms with Crippen molar-refractivity contribution in [3.63, 3.8) is 0 Å². The number of hydroxylamine groups is 2. The van der Waals surface area contributed by atoms with Gasteiger partial charge in [-0.15, -0.1) is 5.06 Å². The summed E-state index contributed by atoms with van der Waals surface area (Å²) in [4.78, 5) is 158. The average molecular weight is 1010 g/mol. The van der Waals surface area contributed by atoms with Gasteiger partial charge in [0.1, 0.15) is 24.2 Å². The molecule has 64 heavy (non-hydrogen) atoms. The number of pyridine rings is 1. The number of nitrogens with zero attached hydrogens (tertiary/aromatic N) is 2. The van der Waals surface area contributed by atoms with E-state index in [1.807, 2.05) is 22.6 Å². The van der Waals surface area contributed by atoms with Crippen molar-refractivity contribution in [1.29, 1.82) is 0 Å². The summed E-state index contributed by atoms with van der Waals surface area (Å²) in [5.74, 6) is -13.5. The highest BCUT2D eigenvalue weighted by Gasteiger charge is 2.34. The van der Waals surface area contributed by atoms with E-state index in [9.17, 15) is 78.0 Å². The fourth-order valence-electron chi connectivity index (χ4n) is 5.82. The topological polar surface area (TPSA) is 371 Å². The van der Waals surface area contributed by atoms with Crippen LogP contribution in [0.2, 0.25) is 0 Å². The molecule has 25 heteroatoms. The number of unbranched alkanes of at least 4 members (excludes halogenated alkanes) is 1. The number of imide groups is 1. The first-order chi connectivity index (χ1) is 30.2. The van der Waals surface area contributed by atoms with Crippen LogP contribution in [0.1, 0.15) is 102 Å². The molecule has 0 saturated carbocycles. The molecule has 0 aliphatic carbocycles. The summed E-state index contributed by atoms with van der Waals surface area (Å²) in [6.07, 6.45) is -1.12. The Morgan fingerprint density at radius 3 is 1.62 bits per heavy atom. The van der Waals surface area contributed by atoms with E-state index in [-0.39, 0.29) is 54.8 Å².